The summed E-state index contributed by atoms with van der Waals surface area (Å²) in [6.07, 6.45) is 5.70. The Balaban J connectivity index is 2.11. The monoisotopic (exact) mass is 231 g/mol. The Morgan fingerprint density at radius 2 is 2.06 bits per heavy atom. The van der Waals surface area contributed by atoms with E-state index in [-0.39, 0.29) is 18.0 Å². The van der Waals surface area contributed by atoms with Crippen molar-refractivity contribution in [3.05, 3.63) is 36.4 Å². The van der Waals surface area contributed by atoms with Crippen molar-refractivity contribution < 1.29 is 4.79 Å². The van der Waals surface area contributed by atoms with Crippen molar-refractivity contribution >= 4 is 5.78 Å². The minimum atomic E-state index is -0.143. The second-order valence-corrected chi connectivity index (χ2v) is 3.57. The zero-order valence-corrected chi connectivity index (χ0v) is 9.58. The van der Waals surface area contributed by atoms with Gasteiger partial charge in [-0.2, -0.15) is 5.10 Å². The molecule has 0 spiro atoms. The van der Waals surface area contributed by atoms with E-state index in [0.29, 0.717) is 5.82 Å². The molecule has 0 bridgehead atoms. The van der Waals surface area contributed by atoms with E-state index in [0.717, 1.165) is 13.0 Å². The van der Waals surface area contributed by atoms with Gasteiger partial charge in [0, 0.05) is 18.9 Å². The maximum atomic E-state index is 11.9. The Bertz CT molecular complexity index is 494. The number of hydrogen-bond donors (Lipinski definition) is 0. The highest BCUT2D eigenvalue weighted by Crippen LogP contribution is 2.01. The molecule has 0 N–H and O–H groups in total. The van der Waals surface area contributed by atoms with Crippen LogP contribution in [0.5, 0.6) is 0 Å². The molecule has 2 aromatic rings. The van der Waals surface area contributed by atoms with E-state index in [1.165, 1.54) is 6.33 Å². The zero-order valence-electron chi connectivity index (χ0n) is 9.58. The van der Waals surface area contributed by atoms with E-state index in [9.17, 15) is 4.79 Å². The molecule has 0 atom stereocenters. The van der Waals surface area contributed by atoms with Gasteiger partial charge in [-0.1, -0.05) is 6.92 Å². The molecule has 6 heteroatoms. The average molecular weight is 231 g/mol. The lowest BCUT2D eigenvalue weighted by atomic mass is 10.2. The van der Waals surface area contributed by atoms with Crippen LogP contribution in [-0.2, 0) is 13.0 Å². The van der Waals surface area contributed by atoms with Crippen molar-refractivity contribution in [3.8, 4) is 0 Å². The first-order valence-corrected chi connectivity index (χ1v) is 5.48. The highest BCUT2D eigenvalue weighted by molar-refractivity contribution is 5.93. The van der Waals surface area contributed by atoms with Gasteiger partial charge in [-0.05, 0) is 12.5 Å². The quantitative estimate of drug-likeness (QED) is 0.715. The van der Waals surface area contributed by atoms with Gasteiger partial charge in [0.15, 0.2) is 5.82 Å². The molecular weight excluding hydrogens is 218 g/mol. The van der Waals surface area contributed by atoms with Gasteiger partial charge in [-0.3, -0.25) is 4.79 Å². The van der Waals surface area contributed by atoms with Crippen LogP contribution in [0.1, 0.15) is 29.8 Å². The van der Waals surface area contributed by atoms with Crippen molar-refractivity contribution in [3.63, 3.8) is 0 Å². The highest BCUT2D eigenvalue weighted by atomic mass is 16.1. The SMILES string of the molecule is CCCn1ncnc1CC(=O)c1ncccn1. The van der Waals surface area contributed by atoms with Crippen LogP contribution >= 0.6 is 0 Å². The van der Waals surface area contributed by atoms with E-state index in [1.54, 1.807) is 23.1 Å². The Hall–Kier alpha value is -2.11. The number of ketones is 1. The largest absolute Gasteiger partial charge is 0.290 e. The third-order valence-electron chi connectivity index (χ3n) is 2.26. The molecule has 88 valence electrons. The van der Waals surface area contributed by atoms with Crippen molar-refractivity contribution in [2.45, 2.75) is 26.3 Å². The van der Waals surface area contributed by atoms with Crippen LogP contribution in [-0.4, -0.2) is 30.5 Å². The smallest absolute Gasteiger partial charge is 0.207 e. The fourth-order valence-electron chi connectivity index (χ4n) is 1.49. The summed E-state index contributed by atoms with van der Waals surface area (Å²) in [6.45, 7) is 2.81. The second-order valence-electron chi connectivity index (χ2n) is 3.57. The fraction of sp³-hybridized carbons (Fsp3) is 0.364. The number of carbonyl (C=O) groups is 1. The number of nitrogens with zero attached hydrogens (tertiary/aromatic N) is 5. The number of hydrogen-bond acceptors (Lipinski definition) is 5. The van der Waals surface area contributed by atoms with Gasteiger partial charge < -0.3 is 0 Å². The van der Waals surface area contributed by atoms with Crippen LogP contribution in [0.4, 0.5) is 0 Å². The number of rotatable bonds is 5. The summed E-state index contributed by atoms with van der Waals surface area (Å²) >= 11 is 0. The Morgan fingerprint density at radius 1 is 1.29 bits per heavy atom. The first-order chi connectivity index (χ1) is 8.31. The summed E-state index contributed by atoms with van der Waals surface area (Å²) in [5.74, 6) is 0.735. The van der Waals surface area contributed by atoms with Crippen LogP contribution in [0.2, 0.25) is 0 Å². The highest BCUT2D eigenvalue weighted by Gasteiger charge is 2.13. The summed E-state index contributed by atoms with van der Waals surface area (Å²) < 4.78 is 1.74. The molecule has 0 aliphatic carbocycles. The zero-order chi connectivity index (χ0) is 12.1. The van der Waals surface area contributed by atoms with Gasteiger partial charge in [0.2, 0.25) is 5.78 Å². The van der Waals surface area contributed by atoms with Crippen LogP contribution in [0, 0.1) is 0 Å². The number of carbonyl (C=O) groups excluding carboxylic acids is 1. The third kappa shape index (κ3) is 2.72. The summed E-state index contributed by atoms with van der Waals surface area (Å²) in [6, 6.07) is 1.68. The van der Waals surface area contributed by atoms with Gasteiger partial charge in [0.05, 0.1) is 6.42 Å². The molecule has 0 saturated carbocycles. The fourth-order valence-corrected chi connectivity index (χ4v) is 1.49. The molecule has 0 radical (unpaired) electrons. The van der Waals surface area contributed by atoms with Gasteiger partial charge in [-0.25, -0.2) is 19.6 Å². The van der Waals surface area contributed by atoms with Crippen LogP contribution < -0.4 is 0 Å². The van der Waals surface area contributed by atoms with Gasteiger partial charge >= 0.3 is 0 Å². The van der Waals surface area contributed by atoms with Crippen LogP contribution in [0.3, 0.4) is 0 Å². The number of aromatic nitrogens is 5. The summed E-state index contributed by atoms with van der Waals surface area (Å²) in [5.41, 5.74) is 0. The molecule has 2 aromatic heterocycles. The summed E-state index contributed by atoms with van der Waals surface area (Å²) in [7, 11) is 0. The second kappa shape index (κ2) is 5.29. The summed E-state index contributed by atoms with van der Waals surface area (Å²) in [4.78, 5) is 23.8. The Morgan fingerprint density at radius 3 is 2.76 bits per heavy atom. The average Bonchev–Trinajstić information content (AvgIpc) is 2.78. The maximum absolute atomic E-state index is 11.9. The van der Waals surface area contributed by atoms with E-state index in [2.05, 4.69) is 20.1 Å². The molecule has 0 amide bonds. The van der Waals surface area contributed by atoms with E-state index < -0.39 is 0 Å². The summed E-state index contributed by atoms with van der Waals surface area (Å²) in [5, 5.41) is 4.07. The molecule has 0 aromatic carbocycles. The standard InChI is InChI=1S/C11H13N5O/c1-2-6-16-10(14-8-15-16)7-9(17)11-12-4-3-5-13-11/h3-5,8H,2,6-7H2,1H3. The van der Waals surface area contributed by atoms with Crippen LogP contribution in [0.15, 0.2) is 24.8 Å². The molecule has 6 nitrogen and oxygen atoms in total. The van der Waals surface area contributed by atoms with Crippen molar-refractivity contribution in [1.29, 1.82) is 0 Å². The normalized spacial score (nSPS) is 10.4. The van der Waals surface area contributed by atoms with E-state index in [4.69, 9.17) is 0 Å². The molecule has 0 fully saturated rings. The maximum Gasteiger partial charge on any atom is 0.207 e. The molecule has 0 unspecified atom stereocenters. The topological polar surface area (TPSA) is 73.6 Å². The minimum absolute atomic E-state index is 0.143. The third-order valence-corrected chi connectivity index (χ3v) is 2.26. The Labute approximate surface area is 98.7 Å². The predicted octanol–water partition coefficient (Wildman–Crippen LogP) is 0.904. The lowest BCUT2D eigenvalue weighted by Gasteiger charge is -2.02. The Kier molecular flexibility index (Phi) is 3.54. The van der Waals surface area contributed by atoms with Gasteiger partial charge in [0.25, 0.3) is 0 Å². The molecule has 0 aliphatic heterocycles. The molecule has 0 saturated heterocycles. The van der Waals surface area contributed by atoms with E-state index >= 15 is 0 Å². The van der Waals surface area contributed by atoms with Crippen LogP contribution in [0.25, 0.3) is 0 Å². The molecule has 0 aliphatic rings. The van der Waals surface area contributed by atoms with Crippen molar-refractivity contribution in [2.24, 2.45) is 0 Å². The number of Topliss-reactive ketones (excluding diaryl/α,β-unsaturated/α-hetero) is 1. The van der Waals surface area contributed by atoms with E-state index in [1.807, 2.05) is 6.92 Å². The number of aryl methyl sites for hydroxylation is 1. The minimum Gasteiger partial charge on any atom is -0.290 e. The molecule has 2 rings (SSSR count). The molecule has 17 heavy (non-hydrogen) atoms. The lowest BCUT2D eigenvalue weighted by Crippen LogP contribution is -2.13. The first kappa shape index (κ1) is 11.4. The van der Waals surface area contributed by atoms with Crippen molar-refractivity contribution in [2.75, 3.05) is 0 Å². The first-order valence-electron chi connectivity index (χ1n) is 5.48. The molecular formula is C11H13N5O. The van der Waals surface area contributed by atoms with Crippen molar-refractivity contribution in [1.82, 2.24) is 24.7 Å². The lowest BCUT2D eigenvalue weighted by molar-refractivity contribution is 0.0979. The van der Waals surface area contributed by atoms with Gasteiger partial charge in [-0.15, -0.1) is 0 Å². The predicted molar refractivity (Wildman–Crippen MR) is 60.4 cm³/mol. The van der Waals surface area contributed by atoms with Gasteiger partial charge in [0.1, 0.15) is 12.2 Å². The molecule has 2 heterocycles.